The van der Waals surface area contributed by atoms with E-state index < -0.39 is 11.7 Å². The maximum Gasteiger partial charge on any atom is 0.418 e. The summed E-state index contributed by atoms with van der Waals surface area (Å²) < 4.78 is 39.3. The van der Waals surface area contributed by atoms with Gasteiger partial charge in [0.1, 0.15) is 0 Å². The summed E-state index contributed by atoms with van der Waals surface area (Å²) in [6.45, 7) is 3.92. The molecule has 0 amide bonds. The Bertz CT molecular complexity index is 925. The average Bonchev–Trinajstić information content (AvgIpc) is 2.57. The Hall–Kier alpha value is -3.16. The van der Waals surface area contributed by atoms with E-state index in [1.807, 2.05) is 32.0 Å². The number of anilines is 4. The van der Waals surface area contributed by atoms with Crippen LogP contribution in [0.15, 0.2) is 48.7 Å². The molecule has 0 bridgehead atoms. The second-order valence-electron chi connectivity index (χ2n) is 5.78. The first kappa shape index (κ1) is 17.7. The molecule has 8 heteroatoms. The molecule has 0 aliphatic rings. The van der Waals surface area contributed by atoms with Crippen LogP contribution in [-0.4, -0.2) is 15.2 Å². The Labute approximate surface area is 148 Å². The van der Waals surface area contributed by atoms with Gasteiger partial charge in [-0.1, -0.05) is 29.8 Å². The van der Waals surface area contributed by atoms with Crippen LogP contribution < -0.4 is 10.6 Å². The summed E-state index contributed by atoms with van der Waals surface area (Å²) in [6.07, 6.45) is -3.20. The average molecular weight is 359 g/mol. The van der Waals surface area contributed by atoms with Crippen LogP contribution in [0, 0.1) is 13.8 Å². The molecule has 2 aromatic carbocycles. The number of hydrogen-bond acceptors (Lipinski definition) is 5. The van der Waals surface area contributed by atoms with Gasteiger partial charge in [-0.3, -0.25) is 0 Å². The standard InChI is InChI=1S/C18H16F3N5/c1-11-7-8-14(12(2)9-11)24-17-25-16(10-22-26-17)23-15-6-4-3-5-13(15)18(19,20)21/h3-10H,1-2H3,(H2,23,24,25,26). The molecule has 3 aromatic rings. The van der Waals surface area contributed by atoms with E-state index in [4.69, 9.17) is 0 Å². The van der Waals surface area contributed by atoms with E-state index in [1.54, 1.807) is 0 Å². The molecule has 0 spiro atoms. The second-order valence-corrected chi connectivity index (χ2v) is 5.78. The Morgan fingerprint density at radius 2 is 1.69 bits per heavy atom. The van der Waals surface area contributed by atoms with E-state index in [1.165, 1.54) is 24.4 Å². The Morgan fingerprint density at radius 1 is 0.923 bits per heavy atom. The first-order valence-electron chi connectivity index (χ1n) is 7.80. The van der Waals surface area contributed by atoms with Crippen molar-refractivity contribution >= 4 is 23.1 Å². The Balaban J connectivity index is 1.85. The maximum absolute atomic E-state index is 13.1. The van der Waals surface area contributed by atoms with Crippen LogP contribution in [0.1, 0.15) is 16.7 Å². The summed E-state index contributed by atoms with van der Waals surface area (Å²) in [5.74, 6) is 0.343. The molecule has 0 aliphatic heterocycles. The highest BCUT2D eigenvalue weighted by atomic mass is 19.4. The largest absolute Gasteiger partial charge is 0.418 e. The highest BCUT2D eigenvalue weighted by Crippen LogP contribution is 2.35. The highest BCUT2D eigenvalue weighted by Gasteiger charge is 2.33. The van der Waals surface area contributed by atoms with Gasteiger partial charge in [-0.25, -0.2) is 0 Å². The van der Waals surface area contributed by atoms with Gasteiger partial charge in [-0.2, -0.15) is 23.3 Å². The summed E-state index contributed by atoms with van der Waals surface area (Å²) in [4.78, 5) is 4.19. The number of nitrogens with zero attached hydrogens (tertiary/aromatic N) is 3. The Kier molecular flexibility index (Phi) is 4.75. The molecule has 26 heavy (non-hydrogen) atoms. The molecule has 0 atom stereocenters. The molecule has 5 nitrogen and oxygen atoms in total. The number of aromatic nitrogens is 3. The van der Waals surface area contributed by atoms with E-state index in [0.29, 0.717) is 0 Å². The fourth-order valence-corrected chi connectivity index (χ4v) is 2.47. The van der Waals surface area contributed by atoms with Crippen LogP contribution in [0.4, 0.5) is 36.3 Å². The van der Waals surface area contributed by atoms with Crippen molar-refractivity contribution in [2.75, 3.05) is 10.6 Å². The number of hydrogen-bond donors (Lipinski definition) is 2. The molecule has 3 rings (SSSR count). The number of halogens is 3. The van der Waals surface area contributed by atoms with Crippen molar-refractivity contribution in [2.45, 2.75) is 20.0 Å². The molecule has 0 unspecified atom stereocenters. The van der Waals surface area contributed by atoms with Crippen LogP contribution in [-0.2, 0) is 6.18 Å². The maximum atomic E-state index is 13.1. The lowest BCUT2D eigenvalue weighted by atomic mass is 10.1. The number of para-hydroxylation sites is 1. The molecular weight excluding hydrogens is 343 g/mol. The fraction of sp³-hybridized carbons (Fsp3) is 0.167. The summed E-state index contributed by atoms with van der Waals surface area (Å²) in [5.41, 5.74) is 2.03. The van der Waals surface area contributed by atoms with E-state index in [9.17, 15) is 13.2 Å². The molecule has 0 saturated heterocycles. The van der Waals surface area contributed by atoms with Gasteiger partial charge in [0.05, 0.1) is 17.4 Å². The monoisotopic (exact) mass is 359 g/mol. The number of aryl methyl sites for hydroxylation is 2. The van der Waals surface area contributed by atoms with Crippen LogP contribution in [0.2, 0.25) is 0 Å². The van der Waals surface area contributed by atoms with Crippen LogP contribution in [0.5, 0.6) is 0 Å². The molecule has 0 saturated carbocycles. The number of rotatable bonds is 4. The minimum absolute atomic E-state index is 0.0991. The van der Waals surface area contributed by atoms with E-state index in [0.717, 1.165) is 22.9 Å². The summed E-state index contributed by atoms with van der Waals surface area (Å²) in [5, 5.41) is 13.4. The highest BCUT2D eigenvalue weighted by molar-refractivity contribution is 5.63. The van der Waals surface area contributed by atoms with E-state index >= 15 is 0 Å². The second kappa shape index (κ2) is 6.99. The van der Waals surface area contributed by atoms with Crippen LogP contribution in [0.3, 0.4) is 0 Å². The molecular formula is C18H16F3N5. The van der Waals surface area contributed by atoms with Crippen molar-refractivity contribution < 1.29 is 13.2 Å². The van der Waals surface area contributed by atoms with Crippen molar-refractivity contribution in [1.29, 1.82) is 0 Å². The van der Waals surface area contributed by atoms with Gasteiger partial charge in [0.2, 0.25) is 5.95 Å². The topological polar surface area (TPSA) is 62.7 Å². The van der Waals surface area contributed by atoms with Gasteiger partial charge in [0.25, 0.3) is 0 Å². The molecule has 1 aromatic heterocycles. The summed E-state index contributed by atoms with van der Waals surface area (Å²) >= 11 is 0. The van der Waals surface area contributed by atoms with E-state index in [2.05, 4.69) is 25.8 Å². The SMILES string of the molecule is Cc1ccc(Nc2nncc(Nc3ccccc3C(F)(F)F)n2)c(C)c1. The lowest BCUT2D eigenvalue weighted by Gasteiger charge is -2.14. The third kappa shape index (κ3) is 4.08. The van der Waals surface area contributed by atoms with Crippen LogP contribution >= 0.6 is 0 Å². The molecule has 0 fully saturated rings. The van der Waals surface area contributed by atoms with Gasteiger partial charge in [-0.05, 0) is 37.6 Å². The van der Waals surface area contributed by atoms with Crippen molar-refractivity contribution in [3.63, 3.8) is 0 Å². The zero-order chi connectivity index (χ0) is 18.7. The van der Waals surface area contributed by atoms with Crippen LogP contribution in [0.25, 0.3) is 0 Å². The fourth-order valence-electron chi connectivity index (χ4n) is 2.47. The Morgan fingerprint density at radius 3 is 2.42 bits per heavy atom. The summed E-state index contributed by atoms with van der Waals surface area (Å²) in [6, 6.07) is 11.0. The summed E-state index contributed by atoms with van der Waals surface area (Å²) in [7, 11) is 0. The normalized spacial score (nSPS) is 11.3. The first-order valence-corrected chi connectivity index (χ1v) is 7.80. The van der Waals surface area contributed by atoms with Crippen molar-refractivity contribution in [2.24, 2.45) is 0 Å². The van der Waals surface area contributed by atoms with Gasteiger partial charge < -0.3 is 10.6 Å². The van der Waals surface area contributed by atoms with Gasteiger partial charge in [0.15, 0.2) is 5.82 Å². The van der Waals surface area contributed by atoms with Crippen molar-refractivity contribution in [3.05, 3.63) is 65.4 Å². The molecule has 1 heterocycles. The minimum Gasteiger partial charge on any atom is -0.338 e. The minimum atomic E-state index is -4.47. The van der Waals surface area contributed by atoms with Gasteiger partial charge >= 0.3 is 6.18 Å². The quantitative estimate of drug-likeness (QED) is 0.687. The number of alkyl halides is 3. The molecule has 0 radical (unpaired) electrons. The zero-order valence-electron chi connectivity index (χ0n) is 14.1. The third-order valence-electron chi connectivity index (χ3n) is 3.68. The first-order chi connectivity index (χ1) is 12.3. The lowest BCUT2D eigenvalue weighted by Crippen LogP contribution is -2.09. The molecule has 2 N–H and O–H groups in total. The van der Waals surface area contributed by atoms with Gasteiger partial charge in [0, 0.05) is 5.69 Å². The number of benzene rings is 2. The lowest BCUT2D eigenvalue weighted by molar-refractivity contribution is -0.136. The van der Waals surface area contributed by atoms with Gasteiger partial charge in [-0.15, -0.1) is 5.10 Å². The van der Waals surface area contributed by atoms with Crippen molar-refractivity contribution in [3.8, 4) is 0 Å². The molecule has 134 valence electrons. The van der Waals surface area contributed by atoms with Crippen molar-refractivity contribution in [1.82, 2.24) is 15.2 Å². The molecule has 0 aliphatic carbocycles. The predicted molar refractivity (Wildman–Crippen MR) is 93.8 cm³/mol. The zero-order valence-corrected chi connectivity index (χ0v) is 14.1. The van der Waals surface area contributed by atoms with E-state index in [-0.39, 0.29) is 17.5 Å². The number of nitrogens with one attached hydrogen (secondary N) is 2. The third-order valence-corrected chi connectivity index (χ3v) is 3.68. The predicted octanol–water partition coefficient (Wildman–Crippen LogP) is 4.99. The smallest absolute Gasteiger partial charge is 0.338 e.